The van der Waals surface area contributed by atoms with Crippen molar-refractivity contribution in [3.8, 4) is 0 Å². The number of rotatable bonds is 16. The highest BCUT2D eigenvalue weighted by Gasteiger charge is 2.52. The molecule has 3 fully saturated rings. The van der Waals surface area contributed by atoms with Crippen LogP contribution in [0.25, 0.3) is 0 Å². The predicted molar refractivity (Wildman–Crippen MR) is 215 cm³/mol. The molecular weight excluding hydrogens is 673 g/mol. The summed E-state index contributed by atoms with van der Waals surface area (Å²) in [6.07, 6.45) is 17.1. The second kappa shape index (κ2) is 17.3. The van der Waals surface area contributed by atoms with Gasteiger partial charge in [-0.25, -0.2) is 4.98 Å². The Bertz CT molecular complexity index is 1710. The first kappa shape index (κ1) is 37.8. The highest BCUT2D eigenvalue weighted by Crippen LogP contribution is 2.50. The van der Waals surface area contributed by atoms with Gasteiger partial charge in [0.2, 0.25) is 5.89 Å². The number of carbonyl (C=O) groups is 1. The van der Waals surface area contributed by atoms with Crippen molar-refractivity contribution in [2.45, 2.75) is 127 Å². The largest absolute Gasteiger partial charge is 0.448 e. The fourth-order valence-corrected chi connectivity index (χ4v) is 14.4. The number of ether oxygens (including phenoxy) is 1. The third-order valence-electron chi connectivity index (χ3n) is 12.4. The second-order valence-electron chi connectivity index (χ2n) is 16.9. The number of nitrogens with zero attached hydrogens (tertiary/aromatic N) is 1. The van der Waals surface area contributed by atoms with Gasteiger partial charge in [0, 0.05) is 19.1 Å². The number of carbonyl (C=O) groups excluding carboxylic acids is 1. The van der Waals surface area contributed by atoms with Crippen molar-refractivity contribution in [1.29, 1.82) is 0 Å². The minimum absolute atomic E-state index is 0.0427. The Kier molecular flexibility index (Phi) is 12.3. The highest BCUT2D eigenvalue weighted by atomic mass is 28.4. The number of hydrogen-bond acceptors (Lipinski definition) is 5. The van der Waals surface area contributed by atoms with E-state index in [1.807, 2.05) is 0 Å². The summed E-state index contributed by atoms with van der Waals surface area (Å²) in [7, 11) is -2.57. The minimum atomic E-state index is -2.57. The lowest BCUT2D eigenvalue weighted by Crippen LogP contribution is -2.66. The van der Waals surface area contributed by atoms with Gasteiger partial charge in [-0.15, -0.1) is 0 Å². The molecule has 1 aromatic heterocycles. The summed E-state index contributed by atoms with van der Waals surface area (Å²) in [5.41, 5.74) is 3.12. The number of amides is 1. The van der Waals surface area contributed by atoms with Crippen LogP contribution in [0.15, 0.2) is 95.6 Å². The van der Waals surface area contributed by atoms with Crippen LogP contribution in [0.2, 0.25) is 5.04 Å². The van der Waals surface area contributed by atoms with Crippen LogP contribution >= 0.6 is 0 Å². The Hall–Kier alpha value is -3.52. The summed E-state index contributed by atoms with van der Waals surface area (Å²) in [6, 6.07) is 30.7. The molecule has 53 heavy (non-hydrogen) atoms. The Labute approximate surface area is 318 Å². The molecule has 2 bridgehead atoms. The lowest BCUT2D eigenvalue weighted by Gasteiger charge is -2.43. The van der Waals surface area contributed by atoms with Crippen LogP contribution in [-0.4, -0.2) is 44.6 Å². The van der Waals surface area contributed by atoms with E-state index in [0.717, 1.165) is 44.4 Å². The maximum absolute atomic E-state index is 13.0. The third kappa shape index (κ3) is 8.58. The Morgan fingerprint density at radius 1 is 0.811 bits per heavy atom. The van der Waals surface area contributed by atoms with Gasteiger partial charge in [-0.1, -0.05) is 151 Å². The summed E-state index contributed by atoms with van der Waals surface area (Å²) in [5.74, 6) is 1.72. The zero-order valence-electron chi connectivity index (χ0n) is 32.2. The first-order valence-corrected chi connectivity index (χ1v) is 22.4. The quantitative estimate of drug-likeness (QED) is 0.0919. The van der Waals surface area contributed by atoms with Gasteiger partial charge in [0.15, 0.2) is 5.69 Å². The van der Waals surface area contributed by atoms with Crippen molar-refractivity contribution in [2.75, 3.05) is 13.2 Å². The van der Waals surface area contributed by atoms with Crippen LogP contribution in [0.1, 0.15) is 125 Å². The number of hydrogen-bond donors (Lipinski definition) is 1. The van der Waals surface area contributed by atoms with Crippen molar-refractivity contribution < 1.29 is 18.4 Å². The SMILES string of the molecule is CC(C)(C)[Si](OCCCc1ccccc1CC1C2CCC(O2)C1c1nc(C(=O)NCCCCC2CCCCC2)co1)(c1ccccc1)c1ccccc1. The lowest BCUT2D eigenvalue weighted by atomic mass is 9.75. The van der Waals surface area contributed by atoms with E-state index in [-0.39, 0.29) is 35.0 Å². The van der Waals surface area contributed by atoms with E-state index in [9.17, 15) is 4.79 Å². The van der Waals surface area contributed by atoms with Crippen molar-refractivity contribution in [3.05, 3.63) is 114 Å². The Morgan fingerprint density at radius 2 is 1.47 bits per heavy atom. The average molecular weight is 733 g/mol. The summed E-state index contributed by atoms with van der Waals surface area (Å²) in [5, 5.41) is 5.69. The molecule has 0 spiro atoms. The van der Waals surface area contributed by atoms with Crippen LogP contribution < -0.4 is 15.7 Å². The normalized spacial score (nSPS) is 21.9. The maximum atomic E-state index is 13.0. The van der Waals surface area contributed by atoms with Crippen LogP contribution in [0, 0.1) is 11.8 Å². The van der Waals surface area contributed by atoms with E-state index in [1.165, 1.54) is 66.4 Å². The van der Waals surface area contributed by atoms with E-state index in [2.05, 4.69) is 111 Å². The number of unbranched alkanes of at least 4 members (excludes halogenated alkanes) is 1. The van der Waals surface area contributed by atoms with Crippen molar-refractivity contribution in [3.63, 3.8) is 0 Å². The molecule has 2 saturated heterocycles. The zero-order valence-corrected chi connectivity index (χ0v) is 33.2. The van der Waals surface area contributed by atoms with Crippen LogP contribution in [-0.2, 0) is 22.0 Å². The molecule has 282 valence electrons. The third-order valence-corrected chi connectivity index (χ3v) is 17.5. The number of oxazole rings is 1. The molecule has 1 aliphatic carbocycles. The van der Waals surface area contributed by atoms with Crippen LogP contribution in [0.3, 0.4) is 0 Å². The maximum Gasteiger partial charge on any atom is 0.273 e. The first-order chi connectivity index (χ1) is 25.8. The molecule has 4 atom stereocenters. The Morgan fingerprint density at radius 3 is 2.17 bits per heavy atom. The van der Waals surface area contributed by atoms with Gasteiger partial charge in [-0.3, -0.25) is 4.79 Å². The molecule has 4 unspecified atom stereocenters. The lowest BCUT2D eigenvalue weighted by molar-refractivity contribution is 0.0897. The molecule has 3 heterocycles. The predicted octanol–water partition coefficient (Wildman–Crippen LogP) is 9.17. The van der Waals surface area contributed by atoms with E-state index in [1.54, 1.807) is 6.26 Å². The molecule has 7 heteroatoms. The van der Waals surface area contributed by atoms with Gasteiger partial charge in [0.05, 0.1) is 18.1 Å². The smallest absolute Gasteiger partial charge is 0.273 e. The number of benzene rings is 3. The van der Waals surface area contributed by atoms with E-state index in [0.29, 0.717) is 24.7 Å². The van der Waals surface area contributed by atoms with Crippen molar-refractivity contribution in [1.82, 2.24) is 10.3 Å². The van der Waals surface area contributed by atoms with Gasteiger partial charge in [0.1, 0.15) is 6.26 Å². The molecule has 6 nitrogen and oxygen atoms in total. The molecule has 0 radical (unpaired) electrons. The van der Waals surface area contributed by atoms with E-state index >= 15 is 0 Å². The molecule has 3 aromatic carbocycles. The fraction of sp³-hybridized carbons (Fsp3) is 0.522. The topological polar surface area (TPSA) is 73.6 Å². The van der Waals surface area contributed by atoms with E-state index < -0.39 is 8.32 Å². The van der Waals surface area contributed by atoms with Crippen molar-refractivity contribution >= 4 is 24.6 Å². The van der Waals surface area contributed by atoms with Gasteiger partial charge in [0.25, 0.3) is 14.2 Å². The van der Waals surface area contributed by atoms with Crippen LogP contribution in [0.4, 0.5) is 0 Å². The molecule has 1 amide bonds. The summed E-state index contributed by atoms with van der Waals surface area (Å²) >= 11 is 0. The Balaban J connectivity index is 0.980. The number of aromatic nitrogens is 1. The van der Waals surface area contributed by atoms with E-state index in [4.69, 9.17) is 18.6 Å². The number of fused-ring (bicyclic) bond motifs is 2. The summed E-state index contributed by atoms with van der Waals surface area (Å²) in [6.45, 7) is 8.40. The van der Waals surface area contributed by atoms with Crippen LogP contribution in [0.5, 0.6) is 0 Å². The summed E-state index contributed by atoms with van der Waals surface area (Å²) < 4.78 is 19.8. The summed E-state index contributed by atoms with van der Waals surface area (Å²) in [4.78, 5) is 17.8. The molecule has 4 aromatic rings. The second-order valence-corrected chi connectivity index (χ2v) is 21.2. The highest BCUT2D eigenvalue weighted by molar-refractivity contribution is 6.99. The fourth-order valence-electron chi connectivity index (χ4n) is 9.75. The molecule has 2 aliphatic heterocycles. The molecular formula is C46H60N2O4Si. The standard InChI is InChI=1S/C46H60N2O4Si/c1-46(2,3)53(37-24-9-5-10-25-37,38-26-11-6-12-27-38)51-31-17-23-35-21-13-14-22-36(35)32-39-41-28-29-42(52-41)43(39)45-48-40(33-50-45)44(49)47-30-16-15-20-34-18-7-4-8-19-34/h5-6,9-14,21-22,24-27,33-34,39,41-43H,4,7-8,15-20,23,28-32H2,1-3H3,(H,47,49). The van der Waals surface area contributed by atoms with Gasteiger partial charge < -0.3 is 18.9 Å². The number of aryl methyl sites for hydroxylation is 1. The number of nitrogens with one attached hydrogen (secondary N) is 1. The molecule has 1 saturated carbocycles. The molecule has 7 rings (SSSR count). The van der Waals surface area contributed by atoms with Gasteiger partial charge in [-0.05, 0) is 71.0 Å². The minimum Gasteiger partial charge on any atom is -0.448 e. The monoisotopic (exact) mass is 732 g/mol. The van der Waals surface area contributed by atoms with Crippen molar-refractivity contribution in [2.24, 2.45) is 11.8 Å². The van der Waals surface area contributed by atoms with Gasteiger partial charge in [-0.2, -0.15) is 0 Å². The first-order valence-electron chi connectivity index (χ1n) is 20.5. The van der Waals surface area contributed by atoms with Gasteiger partial charge >= 0.3 is 0 Å². The molecule has 3 aliphatic rings. The zero-order chi connectivity index (χ0) is 36.7. The average Bonchev–Trinajstić information content (AvgIpc) is 3.94. The molecule has 1 N–H and O–H groups in total.